The summed E-state index contributed by atoms with van der Waals surface area (Å²) in [5.41, 5.74) is 3.91. The van der Waals surface area contributed by atoms with Crippen LogP contribution < -0.4 is 29.7 Å². The maximum atomic E-state index is 13.2. The number of likely N-dealkylation sites (N-methyl/N-ethyl adjacent to an activating group) is 1. The van der Waals surface area contributed by atoms with Crippen molar-refractivity contribution in [3.63, 3.8) is 0 Å². The van der Waals surface area contributed by atoms with E-state index < -0.39 is 15.9 Å². The van der Waals surface area contributed by atoms with Crippen LogP contribution in [0.1, 0.15) is 18.1 Å². The van der Waals surface area contributed by atoms with Gasteiger partial charge in [-0.05, 0) is 42.8 Å². The minimum atomic E-state index is -3.71. The predicted octanol–water partition coefficient (Wildman–Crippen LogP) is 3.54. The average molecular weight is 551 g/mol. The Labute approximate surface area is 227 Å². The molecule has 0 radical (unpaired) electrons. The summed E-state index contributed by atoms with van der Waals surface area (Å²) < 4.78 is 36.7. The number of methoxy groups -OCH3 is 2. The Morgan fingerprint density at radius 1 is 0.974 bits per heavy atom. The summed E-state index contributed by atoms with van der Waals surface area (Å²) in [5, 5.41) is 8.85. The van der Waals surface area contributed by atoms with Crippen molar-refractivity contribution in [2.24, 2.45) is 0 Å². The number of carbonyl (C=O) groups is 2. The third kappa shape index (κ3) is 5.99. The van der Waals surface area contributed by atoms with Crippen molar-refractivity contribution >= 4 is 50.2 Å². The SMILES string of the molecule is CCNC(=O)CN(c1ccc(N/C(=C2\C(=O)Nc3cc(OC)c(OC)cc32)c2ccccc2)cc1)S(C)(=O)=O. The molecule has 3 N–H and O–H groups in total. The van der Waals surface area contributed by atoms with Gasteiger partial charge >= 0.3 is 0 Å². The number of benzene rings is 3. The lowest BCUT2D eigenvalue weighted by Crippen LogP contribution is -2.40. The van der Waals surface area contributed by atoms with Crippen LogP contribution in [0, 0.1) is 0 Å². The van der Waals surface area contributed by atoms with Gasteiger partial charge in [-0.15, -0.1) is 0 Å². The van der Waals surface area contributed by atoms with E-state index in [2.05, 4.69) is 16.0 Å². The van der Waals surface area contributed by atoms with Crippen LogP contribution in [0.2, 0.25) is 0 Å². The molecule has 1 heterocycles. The third-order valence-corrected chi connectivity index (χ3v) is 7.21. The zero-order valence-electron chi connectivity index (χ0n) is 22.1. The van der Waals surface area contributed by atoms with Crippen LogP contribution in [-0.4, -0.2) is 53.8 Å². The molecule has 3 aromatic carbocycles. The summed E-state index contributed by atoms with van der Waals surface area (Å²) in [5.74, 6) is 0.272. The lowest BCUT2D eigenvalue weighted by atomic mass is 9.99. The van der Waals surface area contributed by atoms with E-state index in [1.165, 1.54) is 14.2 Å². The first-order chi connectivity index (χ1) is 18.7. The first-order valence-electron chi connectivity index (χ1n) is 12.1. The standard InChI is InChI=1S/C28H30N4O6S/c1-5-29-25(33)17-32(39(4,35)36)20-13-11-19(12-14-20)30-27(18-9-7-6-8-10-18)26-21-15-23(37-2)24(38-3)16-22(21)31-28(26)34/h6-16,30H,5,17H2,1-4H3,(H,29,33)(H,31,34)/b27-26-. The zero-order valence-corrected chi connectivity index (χ0v) is 22.9. The first-order valence-corrected chi connectivity index (χ1v) is 14.0. The fourth-order valence-electron chi connectivity index (χ4n) is 4.27. The number of anilines is 3. The van der Waals surface area contributed by atoms with Gasteiger partial charge in [-0.1, -0.05) is 30.3 Å². The van der Waals surface area contributed by atoms with Crippen molar-refractivity contribution in [3.8, 4) is 11.5 Å². The Hall–Kier alpha value is -4.51. The predicted molar refractivity (Wildman–Crippen MR) is 152 cm³/mol. The summed E-state index contributed by atoms with van der Waals surface area (Å²) in [6.45, 7) is 1.82. The minimum absolute atomic E-state index is 0.298. The Morgan fingerprint density at radius 2 is 1.62 bits per heavy atom. The molecule has 11 heteroatoms. The molecule has 1 aliphatic rings. The second-order valence-corrected chi connectivity index (χ2v) is 10.6. The lowest BCUT2D eigenvalue weighted by molar-refractivity contribution is -0.119. The molecule has 0 atom stereocenters. The number of hydrogen-bond acceptors (Lipinski definition) is 7. The molecule has 2 amide bonds. The topological polar surface area (TPSA) is 126 Å². The minimum Gasteiger partial charge on any atom is -0.493 e. The van der Waals surface area contributed by atoms with Crippen LogP contribution in [0.25, 0.3) is 11.3 Å². The molecule has 4 rings (SSSR count). The van der Waals surface area contributed by atoms with Gasteiger partial charge in [-0.3, -0.25) is 13.9 Å². The summed E-state index contributed by atoms with van der Waals surface area (Å²) >= 11 is 0. The molecule has 0 aliphatic carbocycles. The fourth-order valence-corrected chi connectivity index (χ4v) is 5.12. The van der Waals surface area contributed by atoms with E-state index in [-0.39, 0.29) is 12.5 Å². The van der Waals surface area contributed by atoms with E-state index in [9.17, 15) is 18.0 Å². The quantitative estimate of drug-likeness (QED) is 0.330. The van der Waals surface area contributed by atoms with Crippen LogP contribution >= 0.6 is 0 Å². The third-order valence-electron chi connectivity index (χ3n) is 6.07. The second-order valence-electron chi connectivity index (χ2n) is 8.72. The van der Waals surface area contributed by atoms with Gasteiger partial charge in [0.1, 0.15) is 6.54 Å². The molecule has 10 nitrogen and oxygen atoms in total. The molecule has 0 saturated carbocycles. The van der Waals surface area contributed by atoms with Crippen LogP contribution in [-0.2, 0) is 19.6 Å². The zero-order chi connectivity index (χ0) is 28.2. The number of nitrogens with one attached hydrogen (secondary N) is 3. The monoisotopic (exact) mass is 550 g/mol. The molecule has 204 valence electrons. The molecule has 1 aliphatic heterocycles. The van der Waals surface area contributed by atoms with Gasteiger partial charge < -0.3 is 25.4 Å². The number of hydrogen-bond donors (Lipinski definition) is 3. The number of fused-ring (bicyclic) bond motifs is 1. The Balaban J connectivity index is 1.76. The van der Waals surface area contributed by atoms with E-state index >= 15 is 0 Å². The number of amides is 2. The van der Waals surface area contributed by atoms with Gasteiger partial charge in [0.15, 0.2) is 11.5 Å². The molecule has 0 spiro atoms. The van der Waals surface area contributed by atoms with Gasteiger partial charge in [0.05, 0.1) is 43.1 Å². The molecule has 39 heavy (non-hydrogen) atoms. The maximum absolute atomic E-state index is 13.2. The Bertz CT molecular complexity index is 1520. The largest absolute Gasteiger partial charge is 0.493 e. The van der Waals surface area contributed by atoms with Crippen molar-refractivity contribution in [1.29, 1.82) is 0 Å². The van der Waals surface area contributed by atoms with Gasteiger partial charge in [0.25, 0.3) is 5.91 Å². The first kappa shape index (κ1) is 27.5. The van der Waals surface area contributed by atoms with E-state index in [0.29, 0.717) is 51.9 Å². The lowest BCUT2D eigenvalue weighted by Gasteiger charge is -2.22. The highest BCUT2D eigenvalue weighted by atomic mass is 32.2. The van der Waals surface area contributed by atoms with E-state index in [0.717, 1.165) is 16.1 Å². The highest BCUT2D eigenvalue weighted by Crippen LogP contribution is 2.43. The van der Waals surface area contributed by atoms with Gasteiger partial charge in [0, 0.05) is 23.9 Å². The van der Waals surface area contributed by atoms with E-state index in [1.807, 2.05) is 30.3 Å². The van der Waals surface area contributed by atoms with Crippen molar-refractivity contribution in [1.82, 2.24) is 5.32 Å². The number of carbonyl (C=O) groups excluding carboxylic acids is 2. The molecule has 3 aromatic rings. The summed E-state index contributed by atoms with van der Waals surface area (Å²) in [6, 6.07) is 19.4. The van der Waals surface area contributed by atoms with Crippen LogP contribution in [0.5, 0.6) is 11.5 Å². The van der Waals surface area contributed by atoms with E-state index in [4.69, 9.17) is 9.47 Å². The van der Waals surface area contributed by atoms with E-state index in [1.54, 1.807) is 43.3 Å². The van der Waals surface area contributed by atoms with Crippen LogP contribution in [0.4, 0.5) is 17.1 Å². The van der Waals surface area contributed by atoms with Crippen LogP contribution in [0.3, 0.4) is 0 Å². The molecule has 0 aromatic heterocycles. The highest BCUT2D eigenvalue weighted by Gasteiger charge is 2.30. The summed E-state index contributed by atoms with van der Waals surface area (Å²) in [6.07, 6.45) is 1.05. The smallest absolute Gasteiger partial charge is 0.258 e. The Morgan fingerprint density at radius 3 is 2.21 bits per heavy atom. The normalized spacial score (nSPS) is 13.7. The van der Waals surface area contributed by atoms with Crippen molar-refractivity contribution < 1.29 is 27.5 Å². The molecule has 0 bridgehead atoms. The number of rotatable bonds is 10. The molecular formula is C28H30N4O6S. The van der Waals surface area contributed by atoms with Crippen LogP contribution in [0.15, 0.2) is 66.7 Å². The molecule has 0 saturated heterocycles. The van der Waals surface area contributed by atoms with Gasteiger partial charge in [0.2, 0.25) is 15.9 Å². The maximum Gasteiger partial charge on any atom is 0.258 e. The summed E-state index contributed by atoms with van der Waals surface area (Å²) in [7, 11) is -0.652. The highest BCUT2D eigenvalue weighted by molar-refractivity contribution is 7.92. The van der Waals surface area contributed by atoms with Crippen molar-refractivity contribution in [2.75, 3.05) is 48.5 Å². The Kier molecular flexibility index (Phi) is 8.10. The molecule has 0 fully saturated rings. The fraction of sp³-hybridized carbons (Fsp3) is 0.214. The van der Waals surface area contributed by atoms with Crippen molar-refractivity contribution in [3.05, 3.63) is 77.9 Å². The van der Waals surface area contributed by atoms with Gasteiger partial charge in [-0.25, -0.2) is 8.42 Å². The number of nitrogens with zero attached hydrogens (tertiary/aromatic N) is 1. The van der Waals surface area contributed by atoms with Crippen molar-refractivity contribution in [2.45, 2.75) is 6.92 Å². The molecule has 0 unspecified atom stereocenters. The average Bonchev–Trinajstić information content (AvgIpc) is 3.24. The molecular weight excluding hydrogens is 520 g/mol. The summed E-state index contributed by atoms with van der Waals surface area (Å²) in [4.78, 5) is 25.4. The number of sulfonamides is 1. The number of ether oxygens (including phenoxy) is 2. The second kappa shape index (κ2) is 11.5. The van der Waals surface area contributed by atoms with Gasteiger partial charge in [-0.2, -0.15) is 0 Å².